The smallest absolute Gasteiger partial charge is 0.430 e. The Labute approximate surface area is 155 Å². The number of nitrogens with one attached hydrogen (secondary N) is 1. The summed E-state index contributed by atoms with van der Waals surface area (Å²) in [5.74, 6) is -3.01. The molecule has 0 aliphatic heterocycles. The molecule has 1 aromatic carbocycles. The summed E-state index contributed by atoms with van der Waals surface area (Å²) in [5, 5.41) is 11.3. The van der Waals surface area contributed by atoms with Crippen LogP contribution in [0.1, 0.15) is 12.0 Å². The number of hydrogen-bond acceptors (Lipinski definition) is 4. The van der Waals surface area contributed by atoms with Crippen LogP contribution in [0.25, 0.3) is 0 Å². The average Bonchev–Trinajstić information content (AvgIpc) is 2.53. The van der Waals surface area contributed by atoms with Gasteiger partial charge >= 0.3 is 12.2 Å². The molecule has 1 rings (SSSR count). The van der Waals surface area contributed by atoms with Gasteiger partial charge in [0.25, 0.3) is 0 Å². The van der Waals surface area contributed by atoms with Crippen molar-refractivity contribution < 1.29 is 32.3 Å². The van der Waals surface area contributed by atoms with E-state index in [1.54, 1.807) is 0 Å². The fourth-order valence-corrected chi connectivity index (χ4v) is 1.99. The lowest BCUT2D eigenvalue weighted by atomic mass is 10.1. The molecule has 0 bridgehead atoms. The first-order chi connectivity index (χ1) is 11.9. The van der Waals surface area contributed by atoms with Gasteiger partial charge < -0.3 is 21.0 Å². The number of alkyl halides is 3. The fourth-order valence-electron chi connectivity index (χ4n) is 1.82. The highest BCUT2D eigenvalue weighted by molar-refractivity contribution is 7.80. The van der Waals surface area contributed by atoms with E-state index < -0.39 is 18.2 Å². The number of carboxylic acid groups (broad SMARTS) is 1. The summed E-state index contributed by atoms with van der Waals surface area (Å²) in [4.78, 5) is 20.2. The van der Waals surface area contributed by atoms with Crippen molar-refractivity contribution in [3.63, 3.8) is 0 Å². The van der Waals surface area contributed by atoms with Gasteiger partial charge in [-0.25, -0.2) is 4.79 Å². The van der Waals surface area contributed by atoms with Crippen molar-refractivity contribution in [2.24, 2.45) is 5.73 Å². The van der Waals surface area contributed by atoms with Gasteiger partial charge in [0, 0.05) is 6.42 Å². The third-order valence-corrected chi connectivity index (χ3v) is 3.98. The average molecular weight is 393 g/mol. The SMILES string of the molecule is C[N+](C)(CCCc1ccccc1)C(=S)CNC(N)=O.O=C([O-])C(F)(F)F. The van der Waals surface area contributed by atoms with Crippen LogP contribution in [0.2, 0.25) is 0 Å². The van der Waals surface area contributed by atoms with Crippen molar-refractivity contribution in [3.8, 4) is 0 Å². The molecule has 0 atom stereocenters. The maximum atomic E-state index is 10.7. The molecule has 10 heteroatoms. The zero-order chi connectivity index (χ0) is 20.4. The van der Waals surface area contributed by atoms with Crippen LogP contribution in [-0.4, -0.2) is 54.8 Å². The van der Waals surface area contributed by atoms with Gasteiger partial charge in [-0.2, -0.15) is 13.2 Å². The summed E-state index contributed by atoms with van der Waals surface area (Å²) in [6, 6.07) is 9.85. The lowest BCUT2D eigenvalue weighted by Crippen LogP contribution is -2.50. The molecule has 0 aromatic heterocycles. The van der Waals surface area contributed by atoms with E-state index in [0.717, 1.165) is 24.4 Å². The topological polar surface area (TPSA) is 95.2 Å². The van der Waals surface area contributed by atoms with E-state index in [2.05, 4.69) is 43.7 Å². The first-order valence-electron chi connectivity index (χ1n) is 7.58. The summed E-state index contributed by atoms with van der Waals surface area (Å²) in [7, 11) is 4.10. The highest BCUT2D eigenvalue weighted by Crippen LogP contribution is 2.11. The van der Waals surface area contributed by atoms with Crippen LogP contribution in [0, 0.1) is 0 Å². The lowest BCUT2D eigenvalue weighted by Gasteiger charge is -2.29. The zero-order valence-electron chi connectivity index (χ0n) is 14.5. The van der Waals surface area contributed by atoms with Crippen LogP contribution in [0.4, 0.5) is 18.0 Å². The minimum atomic E-state index is -5.19. The summed E-state index contributed by atoms with van der Waals surface area (Å²) in [6.07, 6.45) is -3.11. The highest BCUT2D eigenvalue weighted by Gasteiger charge is 2.28. The summed E-state index contributed by atoms with van der Waals surface area (Å²) in [6.45, 7) is 1.29. The molecule has 1 aromatic rings. The van der Waals surface area contributed by atoms with Crippen molar-refractivity contribution >= 4 is 29.2 Å². The fraction of sp³-hybridized carbons (Fsp3) is 0.438. The number of nitrogens with two attached hydrogens (primary N) is 1. The van der Waals surface area contributed by atoms with E-state index in [0.29, 0.717) is 11.0 Å². The van der Waals surface area contributed by atoms with E-state index in [1.807, 2.05) is 6.07 Å². The maximum Gasteiger partial charge on any atom is 0.430 e. The number of likely N-dealkylation sites (N-methyl/N-ethyl adjacent to an activating group) is 1. The quantitative estimate of drug-likeness (QED) is 0.557. The van der Waals surface area contributed by atoms with Crippen molar-refractivity contribution in [1.29, 1.82) is 0 Å². The van der Waals surface area contributed by atoms with Gasteiger partial charge in [-0.1, -0.05) is 30.3 Å². The van der Waals surface area contributed by atoms with Gasteiger partial charge in [-0.05, 0) is 24.2 Å². The second-order valence-electron chi connectivity index (χ2n) is 5.89. The second-order valence-corrected chi connectivity index (χ2v) is 6.37. The van der Waals surface area contributed by atoms with E-state index >= 15 is 0 Å². The van der Waals surface area contributed by atoms with E-state index in [-0.39, 0.29) is 0 Å². The third kappa shape index (κ3) is 10.6. The number of quaternary nitrogens is 1. The number of hydrogen-bond donors (Lipinski definition) is 2. The number of aryl methyl sites for hydroxylation is 1. The molecule has 0 fully saturated rings. The number of urea groups is 1. The Kier molecular flexibility index (Phi) is 9.81. The molecule has 0 spiro atoms. The van der Waals surface area contributed by atoms with Crippen LogP contribution in [0.15, 0.2) is 30.3 Å². The molecule has 0 aliphatic carbocycles. The number of rotatable bonds is 6. The van der Waals surface area contributed by atoms with Gasteiger partial charge in [0.05, 0.1) is 20.6 Å². The summed E-state index contributed by atoms with van der Waals surface area (Å²) < 4.78 is 32.2. The third-order valence-electron chi connectivity index (χ3n) is 3.35. The van der Waals surface area contributed by atoms with Crippen molar-refractivity contribution in [1.82, 2.24) is 5.32 Å². The number of nitrogens with zero attached hydrogens (tertiary/aromatic N) is 1. The number of thiocarbonyl (C=S) groups is 1. The van der Waals surface area contributed by atoms with Gasteiger partial charge in [0.2, 0.25) is 0 Å². The van der Waals surface area contributed by atoms with E-state index in [1.165, 1.54) is 5.56 Å². The van der Waals surface area contributed by atoms with E-state index in [9.17, 15) is 18.0 Å². The molecular formula is C16H22F3N3O3S. The first-order valence-corrected chi connectivity index (χ1v) is 7.99. The molecular weight excluding hydrogens is 371 g/mol. The number of carboxylic acids is 1. The Morgan fingerprint density at radius 1 is 1.23 bits per heavy atom. The molecule has 6 nitrogen and oxygen atoms in total. The minimum absolute atomic E-state index is 0.350. The number of aliphatic carboxylic acids is 1. The molecule has 0 aliphatic rings. The van der Waals surface area contributed by atoms with E-state index in [4.69, 9.17) is 27.9 Å². The van der Waals surface area contributed by atoms with Gasteiger partial charge in [-0.15, -0.1) is 0 Å². The summed E-state index contributed by atoms with van der Waals surface area (Å²) in [5.41, 5.74) is 6.38. The van der Waals surface area contributed by atoms with Crippen molar-refractivity contribution in [2.45, 2.75) is 19.0 Å². The van der Waals surface area contributed by atoms with Gasteiger partial charge in [0.15, 0.2) is 4.99 Å². The van der Waals surface area contributed by atoms with Crippen molar-refractivity contribution in [2.75, 3.05) is 27.2 Å². The number of amides is 2. The van der Waals surface area contributed by atoms with Gasteiger partial charge in [0.1, 0.15) is 12.5 Å². The number of carbonyl (C=O) groups is 2. The summed E-state index contributed by atoms with van der Waals surface area (Å²) >= 11 is 5.34. The van der Waals surface area contributed by atoms with Crippen LogP contribution < -0.4 is 16.2 Å². The van der Waals surface area contributed by atoms with Gasteiger partial charge in [-0.3, -0.25) is 4.48 Å². The molecule has 0 saturated carbocycles. The largest absolute Gasteiger partial charge is 0.542 e. The zero-order valence-corrected chi connectivity index (χ0v) is 15.3. The number of halogens is 3. The van der Waals surface area contributed by atoms with Crippen LogP contribution in [0.3, 0.4) is 0 Å². The molecule has 0 unspecified atom stereocenters. The number of carbonyl (C=O) groups excluding carboxylic acids is 2. The molecule has 26 heavy (non-hydrogen) atoms. The standard InChI is InChI=1S/C14H21N3OS.C2HF3O2/c1-17(2,13(19)11-16-14(15)18)10-6-9-12-7-4-3-5-8-12;3-2(4,5)1(6)7/h3-5,7-8H,6,9-11H2,1-2H3,(H2-,15,16,18);(H,6,7). The minimum Gasteiger partial charge on any atom is -0.542 e. The predicted molar refractivity (Wildman–Crippen MR) is 93.0 cm³/mol. The molecule has 0 saturated heterocycles. The lowest BCUT2D eigenvalue weighted by molar-refractivity contribution is -0.797. The van der Waals surface area contributed by atoms with Crippen LogP contribution in [0.5, 0.6) is 0 Å². The number of primary amides is 1. The molecule has 0 heterocycles. The molecule has 2 amide bonds. The molecule has 146 valence electrons. The second kappa shape index (κ2) is 10.7. The van der Waals surface area contributed by atoms with Crippen molar-refractivity contribution in [3.05, 3.63) is 35.9 Å². The molecule has 0 radical (unpaired) electrons. The number of benzene rings is 1. The predicted octanol–water partition coefficient (Wildman–Crippen LogP) is 0.990. The van der Waals surface area contributed by atoms with Crippen LogP contribution >= 0.6 is 12.2 Å². The Balaban J connectivity index is 0.000000758. The monoisotopic (exact) mass is 393 g/mol. The normalized spacial score (nSPS) is 11.1. The Morgan fingerprint density at radius 2 is 1.73 bits per heavy atom. The highest BCUT2D eigenvalue weighted by atomic mass is 32.1. The Morgan fingerprint density at radius 3 is 2.15 bits per heavy atom. The maximum absolute atomic E-state index is 10.7. The first kappa shape index (κ1) is 23.8. The Bertz CT molecular complexity index is 608. The Hall–Kier alpha value is -2.20. The molecule has 3 N–H and O–H groups in total. The van der Waals surface area contributed by atoms with Crippen LogP contribution in [-0.2, 0) is 11.2 Å².